The average molecular weight is 181 g/mol. The maximum atomic E-state index is 11.6. The van der Waals surface area contributed by atoms with Gasteiger partial charge in [0.1, 0.15) is 5.69 Å². The number of nitrogens with zero attached hydrogens (tertiary/aromatic N) is 2. The third-order valence-electron chi connectivity index (χ3n) is 2.18. The largest absolute Gasteiger partial charge is 0.391 e. The predicted molar refractivity (Wildman–Crippen MR) is 45.1 cm³/mol. The van der Waals surface area contributed by atoms with Gasteiger partial charge in [-0.15, -0.1) is 0 Å². The maximum Gasteiger partial charge on any atom is 0.272 e. The van der Waals surface area contributed by atoms with Gasteiger partial charge in [0.25, 0.3) is 5.91 Å². The molecule has 0 unspecified atom stereocenters. The van der Waals surface area contributed by atoms with Gasteiger partial charge in [0, 0.05) is 13.1 Å². The number of hydrogen-bond donors (Lipinski definition) is 2. The lowest BCUT2D eigenvalue weighted by Crippen LogP contribution is -2.29. The molecule has 1 saturated heterocycles. The van der Waals surface area contributed by atoms with Crippen molar-refractivity contribution in [3.8, 4) is 0 Å². The Balaban J connectivity index is 2.06. The summed E-state index contributed by atoms with van der Waals surface area (Å²) in [5.41, 5.74) is 0.481. The number of aliphatic hydroxyl groups is 1. The molecule has 0 aliphatic carbocycles. The van der Waals surface area contributed by atoms with E-state index in [1.165, 1.54) is 12.5 Å². The van der Waals surface area contributed by atoms with Crippen LogP contribution >= 0.6 is 0 Å². The molecule has 0 spiro atoms. The van der Waals surface area contributed by atoms with Crippen LogP contribution in [0.5, 0.6) is 0 Å². The molecular formula is C8H11N3O2. The minimum absolute atomic E-state index is 0.0888. The number of aromatic nitrogens is 2. The molecule has 70 valence electrons. The monoisotopic (exact) mass is 181 g/mol. The normalized spacial score (nSPS) is 22.2. The molecule has 1 amide bonds. The second kappa shape index (κ2) is 3.18. The molecule has 13 heavy (non-hydrogen) atoms. The molecule has 1 aromatic heterocycles. The van der Waals surface area contributed by atoms with Crippen molar-refractivity contribution in [1.82, 2.24) is 14.9 Å². The highest BCUT2D eigenvalue weighted by molar-refractivity contribution is 5.92. The van der Waals surface area contributed by atoms with E-state index in [9.17, 15) is 9.90 Å². The molecule has 1 aliphatic heterocycles. The van der Waals surface area contributed by atoms with E-state index in [1.807, 2.05) is 0 Å². The van der Waals surface area contributed by atoms with Gasteiger partial charge in [0.2, 0.25) is 0 Å². The van der Waals surface area contributed by atoms with Crippen LogP contribution in [-0.2, 0) is 0 Å². The van der Waals surface area contributed by atoms with Crippen molar-refractivity contribution in [3.05, 3.63) is 18.2 Å². The minimum atomic E-state index is -0.369. The van der Waals surface area contributed by atoms with Crippen LogP contribution in [0.25, 0.3) is 0 Å². The summed E-state index contributed by atoms with van der Waals surface area (Å²) < 4.78 is 0. The predicted octanol–water partition coefficient (Wildman–Crippen LogP) is -0.383. The van der Waals surface area contributed by atoms with E-state index in [4.69, 9.17) is 0 Å². The molecule has 5 heteroatoms. The van der Waals surface area contributed by atoms with Crippen LogP contribution in [0.3, 0.4) is 0 Å². The first kappa shape index (κ1) is 8.25. The fourth-order valence-corrected chi connectivity index (χ4v) is 1.47. The Kier molecular flexibility index (Phi) is 2.02. The highest BCUT2D eigenvalue weighted by atomic mass is 16.3. The number of carbonyl (C=O) groups is 1. The number of nitrogens with one attached hydrogen (secondary N) is 1. The molecule has 2 N–H and O–H groups in total. The number of amides is 1. The Hall–Kier alpha value is -1.36. The van der Waals surface area contributed by atoms with Crippen LogP contribution in [0.4, 0.5) is 0 Å². The van der Waals surface area contributed by atoms with Crippen molar-refractivity contribution >= 4 is 5.91 Å². The summed E-state index contributed by atoms with van der Waals surface area (Å²) in [6.07, 6.45) is 3.26. The Morgan fingerprint density at radius 2 is 2.62 bits per heavy atom. The Bertz CT molecular complexity index is 296. The van der Waals surface area contributed by atoms with Crippen molar-refractivity contribution < 1.29 is 9.90 Å². The SMILES string of the molecule is O=C(c1cnc[nH]1)N1CC[C@@H](O)C1. The Morgan fingerprint density at radius 3 is 3.15 bits per heavy atom. The summed E-state index contributed by atoms with van der Waals surface area (Å²) in [5.74, 6) is -0.0888. The lowest BCUT2D eigenvalue weighted by Gasteiger charge is -2.13. The second-order valence-electron chi connectivity index (χ2n) is 3.16. The Labute approximate surface area is 75.4 Å². The fraction of sp³-hybridized carbons (Fsp3) is 0.500. The number of imidazole rings is 1. The van der Waals surface area contributed by atoms with Crippen LogP contribution in [-0.4, -0.2) is 45.1 Å². The number of aromatic amines is 1. The third-order valence-corrected chi connectivity index (χ3v) is 2.18. The number of H-pyrrole nitrogens is 1. The highest BCUT2D eigenvalue weighted by Gasteiger charge is 2.25. The number of aliphatic hydroxyl groups excluding tert-OH is 1. The van der Waals surface area contributed by atoms with Crippen LogP contribution in [0.15, 0.2) is 12.5 Å². The summed E-state index contributed by atoms with van der Waals surface area (Å²) in [6, 6.07) is 0. The quantitative estimate of drug-likeness (QED) is 0.620. The number of hydrogen-bond acceptors (Lipinski definition) is 3. The third kappa shape index (κ3) is 1.55. The number of carbonyl (C=O) groups excluding carboxylic acids is 1. The van der Waals surface area contributed by atoms with Crippen molar-refractivity contribution in [2.75, 3.05) is 13.1 Å². The standard InChI is InChI=1S/C8H11N3O2/c12-6-1-2-11(4-6)8(13)7-3-9-5-10-7/h3,5-6,12H,1-2,4H2,(H,9,10)/t6-/m1/s1. The summed E-state index contributed by atoms with van der Waals surface area (Å²) >= 11 is 0. The number of rotatable bonds is 1. The molecule has 1 aromatic rings. The zero-order valence-corrected chi connectivity index (χ0v) is 7.10. The molecule has 1 atom stereocenters. The van der Waals surface area contributed by atoms with Crippen molar-refractivity contribution in [2.24, 2.45) is 0 Å². The van der Waals surface area contributed by atoms with E-state index >= 15 is 0 Å². The molecule has 1 aliphatic rings. The Morgan fingerprint density at radius 1 is 1.77 bits per heavy atom. The van der Waals surface area contributed by atoms with E-state index in [0.29, 0.717) is 25.2 Å². The topological polar surface area (TPSA) is 69.2 Å². The van der Waals surface area contributed by atoms with Gasteiger partial charge in [-0.3, -0.25) is 4.79 Å². The van der Waals surface area contributed by atoms with Crippen LogP contribution in [0.1, 0.15) is 16.9 Å². The van der Waals surface area contributed by atoms with Gasteiger partial charge in [0.05, 0.1) is 18.6 Å². The van der Waals surface area contributed by atoms with Crippen LogP contribution < -0.4 is 0 Å². The van der Waals surface area contributed by atoms with E-state index in [2.05, 4.69) is 9.97 Å². The van der Waals surface area contributed by atoms with E-state index in [-0.39, 0.29) is 12.0 Å². The minimum Gasteiger partial charge on any atom is -0.391 e. The zero-order valence-electron chi connectivity index (χ0n) is 7.10. The lowest BCUT2D eigenvalue weighted by molar-refractivity contribution is 0.0760. The first-order chi connectivity index (χ1) is 6.27. The van der Waals surface area contributed by atoms with Gasteiger partial charge in [-0.25, -0.2) is 4.98 Å². The van der Waals surface area contributed by atoms with Gasteiger partial charge in [0.15, 0.2) is 0 Å². The van der Waals surface area contributed by atoms with Gasteiger partial charge >= 0.3 is 0 Å². The summed E-state index contributed by atoms with van der Waals surface area (Å²) in [6.45, 7) is 1.05. The summed E-state index contributed by atoms with van der Waals surface area (Å²) in [7, 11) is 0. The van der Waals surface area contributed by atoms with Gasteiger partial charge in [-0.1, -0.05) is 0 Å². The van der Waals surface area contributed by atoms with E-state index < -0.39 is 0 Å². The summed E-state index contributed by atoms with van der Waals surface area (Å²) in [4.78, 5) is 19.7. The maximum absolute atomic E-state index is 11.6. The first-order valence-corrected chi connectivity index (χ1v) is 4.23. The first-order valence-electron chi connectivity index (χ1n) is 4.23. The molecule has 0 aromatic carbocycles. The highest BCUT2D eigenvalue weighted by Crippen LogP contribution is 2.11. The van der Waals surface area contributed by atoms with Crippen LogP contribution in [0, 0.1) is 0 Å². The number of β-amino-alcohol motifs (C(OH)–C–C–N with tert-alkyl or cyclic N) is 1. The molecule has 0 saturated carbocycles. The van der Waals surface area contributed by atoms with E-state index in [0.717, 1.165) is 0 Å². The molecule has 0 radical (unpaired) electrons. The average Bonchev–Trinajstić information content (AvgIpc) is 2.72. The van der Waals surface area contributed by atoms with E-state index in [1.54, 1.807) is 4.90 Å². The summed E-state index contributed by atoms with van der Waals surface area (Å²) in [5, 5.41) is 9.23. The molecule has 2 heterocycles. The van der Waals surface area contributed by atoms with Gasteiger partial charge in [-0.2, -0.15) is 0 Å². The lowest BCUT2D eigenvalue weighted by atomic mass is 10.3. The van der Waals surface area contributed by atoms with Gasteiger partial charge in [-0.05, 0) is 6.42 Å². The molecule has 2 rings (SSSR count). The van der Waals surface area contributed by atoms with Crippen LogP contribution in [0.2, 0.25) is 0 Å². The zero-order chi connectivity index (χ0) is 9.26. The van der Waals surface area contributed by atoms with Gasteiger partial charge < -0.3 is 15.0 Å². The fourth-order valence-electron chi connectivity index (χ4n) is 1.47. The van der Waals surface area contributed by atoms with Crippen molar-refractivity contribution in [2.45, 2.75) is 12.5 Å². The van der Waals surface area contributed by atoms with Crippen molar-refractivity contribution in [1.29, 1.82) is 0 Å². The molecule has 0 bridgehead atoms. The molecular weight excluding hydrogens is 170 g/mol. The molecule has 1 fully saturated rings. The number of likely N-dealkylation sites (tertiary alicyclic amines) is 1. The molecule has 5 nitrogen and oxygen atoms in total. The van der Waals surface area contributed by atoms with Crippen molar-refractivity contribution in [3.63, 3.8) is 0 Å². The smallest absolute Gasteiger partial charge is 0.272 e. The second-order valence-corrected chi connectivity index (χ2v) is 3.16.